The van der Waals surface area contributed by atoms with Gasteiger partial charge in [0.25, 0.3) is 0 Å². The number of hydrogen-bond donors (Lipinski definition) is 0. The average Bonchev–Trinajstić information content (AvgIpc) is 2.53. The lowest BCUT2D eigenvalue weighted by Gasteiger charge is -2.05. The highest BCUT2D eigenvalue weighted by Crippen LogP contribution is 2.29. The van der Waals surface area contributed by atoms with Crippen LogP contribution in [0, 0.1) is 0 Å². The Hall–Kier alpha value is -1.82. The van der Waals surface area contributed by atoms with Crippen molar-refractivity contribution < 1.29 is 27.4 Å². The Labute approximate surface area is 140 Å². The minimum absolute atomic E-state index is 0.0122. The number of carbonyl (C=O) groups is 1. The fraction of sp³-hybridized carbons (Fsp3) is 0.500. The van der Waals surface area contributed by atoms with Crippen LogP contribution in [0.4, 0.5) is 13.2 Å². The molecule has 0 radical (unpaired) electrons. The van der Waals surface area contributed by atoms with Crippen LogP contribution in [0.2, 0.25) is 0 Å². The molecule has 24 heavy (non-hydrogen) atoms. The summed E-state index contributed by atoms with van der Waals surface area (Å²) in [6.07, 6.45) is 3.09. The van der Waals surface area contributed by atoms with E-state index in [1.807, 2.05) is 12.2 Å². The number of halogens is 3. The van der Waals surface area contributed by atoms with Gasteiger partial charge in [0.15, 0.2) is 0 Å². The van der Waals surface area contributed by atoms with Crippen molar-refractivity contribution in [2.75, 3.05) is 19.8 Å². The number of rotatable bonds is 10. The molecular formula is C18H23F3O3. The zero-order chi connectivity index (χ0) is 17.8. The molecule has 0 spiro atoms. The van der Waals surface area contributed by atoms with Crippen LogP contribution in [0.15, 0.2) is 30.3 Å². The van der Waals surface area contributed by atoms with E-state index in [1.165, 1.54) is 12.1 Å². The monoisotopic (exact) mass is 344 g/mol. The lowest BCUT2D eigenvalue weighted by molar-refractivity contribution is -0.148. The summed E-state index contributed by atoms with van der Waals surface area (Å²) in [5.41, 5.74) is 0.114. The molecular weight excluding hydrogens is 321 g/mol. The zero-order valence-electron chi connectivity index (χ0n) is 13.8. The Morgan fingerprint density at radius 2 is 1.83 bits per heavy atom. The summed E-state index contributed by atoms with van der Waals surface area (Å²) in [4.78, 5) is 11.0. The van der Waals surface area contributed by atoms with Crippen molar-refractivity contribution in [3.8, 4) is 0 Å². The normalized spacial score (nSPS) is 11.8. The molecule has 0 atom stereocenters. The number of benzene rings is 1. The average molecular weight is 344 g/mol. The van der Waals surface area contributed by atoms with Crippen LogP contribution < -0.4 is 0 Å². The Morgan fingerprint density at radius 1 is 1.12 bits per heavy atom. The van der Waals surface area contributed by atoms with Gasteiger partial charge in [0, 0.05) is 6.61 Å². The predicted octanol–water partition coefficient (Wildman–Crippen LogP) is 4.86. The highest BCUT2D eigenvalue weighted by molar-refractivity contribution is 5.70. The second-order valence-electron chi connectivity index (χ2n) is 5.23. The van der Waals surface area contributed by atoms with Gasteiger partial charge in [-0.25, -0.2) is 4.79 Å². The van der Waals surface area contributed by atoms with Gasteiger partial charge in [0.2, 0.25) is 0 Å². The van der Waals surface area contributed by atoms with E-state index in [1.54, 1.807) is 6.92 Å². The van der Waals surface area contributed by atoms with Gasteiger partial charge in [-0.05, 0) is 43.9 Å². The first-order valence-electron chi connectivity index (χ1n) is 8.00. The van der Waals surface area contributed by atoms with Crippen LogP contribution in [0.5, 0.6) is 0 Å². The fourth-order valence-electron chi connectivity index (χ4n) is 2.00. The molecule has 0 aromatic heterocycles. The molecule has 0 fully saturated rings. The molecule has 1 aromatic rings. The van der Waals surface area contributed by atoms with Gasteiger partial charge in [-0.1, -0.05) is 30.7 Å². The van der Waals surface area contributed by atoms with E-state index < -0.39 is 11.7 Å². The van der Waals surface area contributed by atoms with Crippen LogP contribution in [0.3, 0.4) is 0 Å². The first kappa shape index (κ1) is 20.2. The maximum absolute atomic E-state index is 12.4. The largest absolute Gasteiger partial charge is 0.464 e. The maximum Gasteiger partial charge on any atom is 0.416 e. The molecule has 0 amide bonds. The summed E-state index contributed by atoms with van der Waals surface area (Å²) in [6.45, 7) is 2.60. The van der Waals surface area contributed by atoms with Crippen LogP contribution in [-0.2, 0) is 20.4 Å². The van der Waals surface area contributed by atoms with Crippen LogP contribution in [0.25, 0.3) is 6.08 Å². The van der Waals surface area contributed by atoms with Crippen molar-refractivity contribution in [3.05, 3.63) is 41.5 Å². The SMILES string of the molecule is CCOC(=O)COCCCCCC=Cc1ccc(C(F)(F)F)cc1. The van der Waals surface area contributed by atoms with Gasteiger partial charge >= 0.3 is 12.1 Å². The number of hydrogen-bond acceptors (Lipinski definition) is 3. The third-order valence-corrected chi connectivity index (χ3v) is 3.23. The number of carbonyl (C=O) groups excluding carboxylic acids is 1. The number of esters is 1. The lowest BCUT2D eigenvalue weighted by Crippen LogP contribution is -2.12. The zero-order valence-corrected chi connectivity index (χ0v) is 13.8. The van der Waals surface area contributed by atoms with Gasteiger partial charge in [-0.2, -0.15) is 13.2 Å². The minimum atomic E-state index is -4.29. The first-order valence-corrected chi connectivity index (χ1v) is 8.00. The maximum atomic E-state index is 12.4. The Morgan fingerprint density at radius 3 is 2.46 bits per heavy atom. The van der Waals surface area contributed by atoms with Crippen LogP contribution in [-0.4, -0.2) is 25.8 Å². The van der Waals surface area contributed by atoms with E-state index >= 15 is 0 Å². The molecule has 6 heteroatoms. The van der Waals surface area contributed by atoms with E-state index in [4.69, 9.17) is 9.47 Å². The number of ether oxygens (including phenoxy) is 2. The third-order valence-electron chi connectivity index (χ3n) is 3.23. The van der Waals surface area contributed by atoms with Crippen molar-refractivity contribution in [2.45, 2.75) is 38.8 Å². The smallest absolute Gasteiger partial charge is 0.416 e. The van der Waals surface area contributed by atoms with Crippen molar-refractivity contribution in [3.63, 3.8) is 0 Å². The van der Waals surface area contributed by atoms with Crippen LogP contribution >= 0.6 is 0 Å². The molecule has 3 nitrogen and oxygen atoms in total. The van der Waals surface area contributed by atoms with Crippen molar-refractivity contribution in [2.24, 2.45) is 0 Å². The molecule has 0 aliphatic rings. The van der Waals surface area contributed by atoms with E-state index in [0.29, 0.717) is 13.2 Å². The highest BCUT2D eigenvalue weighted by atomic mass is 19.4. The summed E-state index contributed by atoms with van der Waals surface area (Å²) in [5.74, 6) is -0.350. The number of allylic oxidation sites excluding steroid dienone is 1. The summed E-state index contributed by atoms with van der Waals surface area (Å²) in [7, 11) is 0. The van der Waals surface area contributed by atoms with Crippen molar-refractivity contribution in [1.82, 2.24) is 0 Å². The summed E-state index contributed by atoms with van der Waals surface area (Å²) < 4.78 is 47.2. The van der Waals surface area contributed by atoms with Gasteiger partial charge in [-0.15, -0.1) is 0 Å². The number of alkyl halides is 3. The second-order valence-corrected chi connectivity index (χ2v) is 5.23. The topological polar surface area (TPSA) is 35.5 Å². The molecule has 1 rings (SSSR count). The van der Waals surface area contributed by atoms with Crippen LogP contribution in [0.1, 0.15) is 43.7 Å². The predicted molar refractivity (Wildman–Crippen MR) is 86.4 cm³/mol. The van der Waals surface area contributed by atoms with Gasteiger partial charge < -0.3 is 9.47 Å². The molecule has 0 bridgehead atoms. The van der Waals surface area contributed by atoms with Crippen molar-refractivity contribution in [1.29, 1.82) is 0 Å². The van der Waals surface area contributed by atoms with E-state index in [-0.39, 0.29) is 12.6 Å². The Balaban J connectivity index is 2.10. The molecule has 0 saturated heterocycles. The number of unbranched alkanes of at least 4 members (excludes halogenated alkanes) is 3. The second kappa shape index (κ2) is 10.9. The molecule has 0 aliphatic heterocycles. The Bertz CT molecular complexity index is 507. The fourth-order valence-corrected chi connectivity index (χ4v) is 2.00. The highest BCUT2D eigenvalue weighted by Gasteiger charge is 2.29. The molecule has 0 aliphatic carbocycles. The molecule has 0 N–H and O–H groups in total. The lowest BCUT2D eigenvalue weighted by atomic mass is 10.1. The van der Waals surface area contributed by atoms with E-state index in [2.05, 4.69) is 0 Å². The first-order chi connectivity index (χ1) is 11.4. The summed E-state index contributed by atoms with van der Waals surface area (Å²) in [6, 6.07) is 5.09. The van der Waals surface area contributed by atoms with Gasteiger partial charge in [-0.3, -0.25) is 0 Å². The van der Waals surface area contributed by atoms with E-state index in [9.17, 15) is 18.0 Å². The molecule has 0 unspecified atom stereocenters. The quantitative estimate of drug-likeness (QED) is 0.449. The molecule has 1 aromatic carbocycles. The van der Waals surface area contributed by atoms with Gasteiger partial charge in [0.1, 0.15) is 6.61 Å². The third kappa shape index (κ3) is 8.72. The van der Waals surface area contributed by atoms with Gasteiger partial charge in [0.05, 0.1) is 12.2 Å². The molecule has 0 saturated carbocycles. The standard InChI is InChI=1S/C18H23F3O3/c1-2-24-17(22)14-23-13-7-5-3-4-6-8-15-9-11-16(12-10-15)18(19,20)21/h6,8-12H,2-5,7,13-14H2,1H3. The van der Waals surface area contributed by atoms with E-state index in [0.717, 1.165) is 43.4 Å². The Kier molecular flexibility index (Phi) is 9.15. The summed E-state index contributed by atoms with van der Waals surface area (Å²) in [5, 5.41) is 0. The molecule has 134 valence electrons. The van der Waals surface area contributed by atoms with Crippen molar-refractivity contribution >= 4 is 12.0 Å². The summed E-state index contributed by atoms with van der Waals surface area (Å²) >= 11 is 0. The minimum Gasteiger partial charge on any atom is -0.464 e. The molecule has 0 heterocycles.